The van der Waals surface area contributed by atoms with E-state index in [1.807, 2.05) is 12.3 Å². The van der Waals surface area contributed by atoms with Crippen LogP contribution in [0.4, 0.5) is 0 Å². The van der Waals surface area contributed by atoms with Crippen molar-refractivity contribution in [1.82, 2.24) is 0 Å². The summed E-state index contributed by atoms with van der Waals surface area (Å²) in [6.45, 7) is 0.0799. The maximum absolute atomic E-state index is 10.1. The number of allylic oxidation sites excluding steroid dienone is 1. The van der Waals surface area contributed by atoms with E-state index in [1.54, 1.807) is 10.8 Å². The molecule has 0 fully saturated rings. The van der Waals surface area contributed by atoms with Crippen molar-refractivity contribution in [2.24, 2.45) is 0 Å². The van der Waals surface area contributed by atoms with E-state index in [2.05, 4.69) is 0 Å². The molecule has 0 aromatic rings. The van der Waals surface area contributed by atoms with Crippen molar-refractivity contribution in [3.05, 3.63) is 12.3 Å². The third-order valence-electron chi connectivity index (χ3n) is 1.09. The molecule has 0 radical (unpaired) electrons. The molecule has 0 atom stereocenters. The Kier molecular flexibility index (Phi) is 1.63. The zero-order valence-corrected chi connectivity index (χ0v) is 4.95. The number of nitrogens with zero attached hydrogens (tertiary/aromatic N) is 1. The van der Waals surface area contributed by atoms with Crippen LogP contribution >= 0.6 is 0 Å². The lowest BCUT2D eigenvalue weighted by Gasteiger charge is -1.85. The molecule has 0 saturated heterocycles. The van der Waals surface area contributed by atoms with E-state index in [-0.39, 0.29) is 6.54 Å². The van der Waals surface area contributed by atoms with Gasteiger partial charge in [-0.1, -0.05) is 0 Å². The first-order valence-electron chi connectivity index (χ1n) is 2.76. The average molecular weight is 126 g/mol. The van der Waals surface area contributed by atoms with Crippen molar-refractivity contribution in [3.8, 4) is 0 Å². The van der Waals surface area contributed by atoms with Gasteiger partial charge in [0.15, 0.2) is 6.20 Å². The molecular formula is C6H8NO2+. The van der Waals surface area contributed by atoms with Gasteiger partial charge in [0, 0.05) is 6.42 Å². The van der Waals surface area contributed by atoms with Crippen LogP contribution in [0.25, 0.3) is 0 Å². The second kappa shape index (κ2) is 2.44. The van der Waals surface area contributed by atoms with Gasteiger partial charge in [0.25, 0.3) is 0 Å². The first-order valence-corrected chi connectivity index (χ1v) is 2.76. The highest BCUT2D eigenvalue weighted by Crippen LogP contribution is 1.90. The van der Waals surface area contributed by atoms with Crippen molar-refractivity contribution in [1.29, 1.82) is 0 Å². The monoisotopic (exact) mass is 126 g/mol. The molecule has 0 unspecified atom stereocenters. The van der Waals surface area contributed by atoms with E-state index in [0.717, 1.165) is 6.42 Å². The number of carbonyl (C=O) groups is 1. The van der Waals surface area contributed by atoms with Gasteiger partial charge in [-0.2, -0.15) is 4.58 Å². The van der Waals surface area contributed by atoms with Gasteiger partial charge in [0.1, 0.15) is 6.21 Å². The molecule has 1 heterocycles. The van der Waals surface area contributed by atoms with Crippen LogP contribution in [0.5, 0.6) is 0 Å². The van der Waals surface area contributed by atoms with Gasteiger partial charge in [-0.25, -0.2) is 4.79 Å². The fourth-order valence-corrected chi connectivity index (χ4v) is 0.727. The van der Waals surface area contributed by atoms with Crippen LogP contribution in [0.1, 0.15) is 6.42 Å². The minimum Gasteiger partial charge on any atom is -0.477 e. The predicted molar refractivity (Wildman–Crippen MR) is 32.6 cm³/mol. The van der Waals surface area contributed by atoms with E-state index in [4.69, 9.17) is 5.11 Å². The topological polar surface area (TPSA) is 40.3 Å². The maximum Gasteiger partial charge on any atom is 0.370 e. The molecule has 1 aliphatic heterocycles. The number of hydrogen-bond acceptors (Lipinski definition) is 1. The molecule has 0 aromatic carbocycles. The Morgan fingerprint density at radius 1 is 1.78 bits per heavy atom. The molecule has 3 heteroatoms. The lowest BCUT2D eigenvalue weighted by molar-refractivity contribution is -0.439. The molecule has 0 amide bonds. The largest absolute Gasteiger partial charge is 0.477 e. The quantitative estimate of drug-likeness (QED) is 0.532. The van der Waals surface area contributed by atoms with E-state index in [0.29, 0.717) is 0 Å². The van der Waals surface area contributed by atoms with Crippen LogP contribution in [-0.2, 0) is 4.79 Å². The highest BCUT2D eigenvalue weighted by Gasteiger charge is 2.08. The first kappa shape index (κ1) is 6.01. The van der Waals surface area contributed by atoms with E-state index in [1.165, 1.54) is 0 Å². The minimum absolute atomic E-state index is 0.0799. The average Bonchev–Trinajstić information content (AvgIpc) is 2.15. The van der Waals surface area contributed by atoms with Crippen LogP contribution in [-0.4, -0.2) is 28.4 Å². The van der Waals surface area contributed by atoms with Crippen LogP contribution in [0.2, 0.25) is 0 Å². The number of carboxylic acids is 1. The number of aliphatic carboxylic acids is 1. The number of rotatable bonds is 2. The Hall–Kier alpha value is -1.12. The Labute approximate surface area is 52.9 Å². The highest BCUT2D eigenvalue weighted by atomic mass is 16.4. The fraction of sp³-hybridized carbons (Fsp3) is 0.333. The third kappa shape index (κ3) is 1.68. The van der Waals surface area contributed by atoms with Crippen LogP contribution < -0.4 is 0 Å². The van der Waals surface area contributed by atoms with Gasteiger partial charge in [0.2, 0.25) is 6.54 Å². The summed E-state index contributed by atoms with van der Waals surface area (Å²) in [6.07, 6.45) is 6.39. The van der Waals surface area contributed by atoms with Crippen LogP contribution in [0.15, 0.2) is 12.3 Å². The lowest BCUT2D eigenvalue weighted by atomic mass is 10.5. The number of carboxylic acid groups (broad SMARTS) is 1. The SMILES string of the molecule is O=C(O)C[N+]1=CCC=C1. The summed E-state index contributed by atoms with van der Waals surface area (Å²) >= 11 is 0. The van der Waals surface area contributed by atoms with Crippen molar-refractivity contribution < 1.29 is 14.5 Å². The van der Waals surface area contributed by atoms with E-state index < -0.39 is 5.97 Å². The zero-order chi connectivity index (χ0) is 6.69. The van der Waals surface area contributed by atoms with Gasteiger partial charge in [0.05, 0.1) is 0 Å². The summed E-state index contributed by atoms with van der Waals surface area (Å²) in [4.78, 5) is 10.1. The molecule has 1 aliphatic rings. The van der Waals surface area contributed by atoms with Gasteiger partial charge in [-0.3, -0.25) is 0 Å². The van der Waals surface area contributed by atoms with Gasteiger partial charge in [-0.15, -0.1) is 0 Å². The molecule has 1 N–H and O–H groups in total. The van der Waals surface area contributed by atoms with Crippen molar-refractivity contribution >= 4 is 12.2 Å². The molecule has 0 aliphatic carbocycles. The summed E-state index contributed by atoms with van der Waals surface area (Å²) in [5, 5.41) is 8.28. The van der Waals surface area contributed by atoms with Crippen LogP contribution in [0.3, 0.4) is 0 Å². The molecule has 0 bridgehead atoms. The minimum atomic E-state index is -0.794. The Morgan fingerprint density at radius 2 is 2.56 bits per heavy atom. The second-order valence-electron chi connectivity index (χ2n) is 1.87. The molecule has 48 valence electrons. The highest BCUT2D eigenvalue weighted by molar-refractivity contribution is 5.69. The van der Waals surface area contributed by atoms with Crippen molar-refractivity contribution in [3.63, 3.8) is 0 Å². The maximum atomic E-state index is 10.1. The van der Waals surface area contributed by atoms with Gasteiger partial charge in [-0.05, 0) is 6.08 Å². The van der Waals surface area contributed by atoms with Crippen molar-refractivity contribution in [2.45, 2.75) is 6.42 Å². The molecule has 0 saturated carbocycles. The Morgan fingerprint density at radius 3 is 3.00 bits per heavy atom. The summed E-state index contributed by atoms with van der Waals surface area (Å²) in [6, 6.07) is 0. The normalized spacial score (nSPS) is 15.8. The summed E-state index contributed by atoms with van der Waals surface area (Å²) in [5.41, 5.74) is 0. The third-order valence-corrected chi connectivity index (χ3v) is 1.09. The Balaban J connectivity index is 2.45. The standard InChI is InChI=1S/C6H7NO2/c8-6(9)5-7-3-1-2-4-7/h1,3-4H,2,5H2/p+1. The van der Waals surface area contributed by atoms with E-state index >= 15 is 0 Å². The zero-order valence-electron chi connectivity index (χ0n) is 4.95. The predicted octanol–water partition coefficient (Wildman–Crippen LogP) is 0.0717. The molecule has 3 nitrogen and oxygen atoms in total. The summed E-state index contributed by atoms with van der Waals surface area (Å²) in [5.74, 6) is -0.794. The molecule has 0 spiro atoms. The second-order valence-corrected chi connectivity index (χ2v) is 1.87. The molecule has 9 heavy (non-hydrogen) atoms. The van der Waals surface area contributed by atoms with E-state index in [9.17, 15) is 4.79 Å². The molecule has 1 rings (SSSR count). The Bertz CT molecular complexity index is 181. The van der Waals surface area contributed by atoms with Crippen molar-refractivity contribution in [2.75, 3.05) is 6.54 Å². The summed E-state index contributed by atoms with van der Waals surface area (Å²) in [7, 11) is 0. The lowest BCUT2D eigenvalue weighted by Crippen LogP contribution is -2.14. The van der Waals surface area contributed by atoms with Gasteiger partial charge >= 0.3 is 5.97 Å². The summed E-state index contributed by atoms with van der Waals surface area (Å²) < 4.78 is 1.66. The number of hydrogen-bond donors (Lipinski definition) is 1. The van der Waals surface area contributed by atoms with Gasteiger partial charge < -0.3 is 5.11 Å². The first-order chi connectivity index (χ1) is 4.29. The van der Waals surface area contributed by atoms with Crippen LogP contribution in [0, 0.1) is 0 Å². The molecular weight excluding hydrogens is 118 g/mol. The molecule has 0 aromatic heterocycles. The fourth-order valence-electron chi connectivity index (χ4n) is 0.727. The smallest absolute Gasteiger partial charge is 0.370 e.